The van der Waals surface area contributed by atoms with E-state index >= 15 is 0 Å². The van der Waals surface area contributed by atoms with Crippen molar-refractivity contribution in [2.75, 3.05) is 57.4 Å². The zero-order valence-electron chi connectivity index (χ0n) is 17.9. The molecule has 0 spiro atoms. The number of benzene rings is 2. The summed E-state index contributed by atoms with van der Waals surface area (Å²) in [5, 5.41) is 3.03. The van der Waals surface area contributed by atoms with Gasteiger partial charge in [0.05, 0.1) is 13.2 Å². The summed E-state index contributed by atoms with van der Waals surface area (Å²) in [6, 6.07) is 18.2. The van der Waals surface area contributed by atoms with E-state index in [2.05, 4.69) is 39.4 Å². The number of rotatable bonds is 11. The number of carbonyl (C=O) groups excluding carboxylic acids is 1. The first-order chi connectivity index (χ1) is 14.8. The molecule has 1 aliphatic rings. The van der Waals surface area contributed by atoms with Crippen LogP contribution in [0.2, 0.25) is 0 Å². The topological polar surface area (TPSA) is 54.0 Å². The Balaban J connectivity index is 1.25. The summed E-state index contributed by atoms with van der Waals surface area (Å²) in [6.45, 7) is 8.74. The molecule has 30 heavy (non-hydrogen) atoms. The zero-order valence-corrected chi connectivity index (χ0v) is 17.9. The fourth-order valence-corrected chi connectivity index (χ4v) is 3.57. The van der Waals surface area contributed by atoms with Crippen molar-refractivity contribution in [3.63, 3.8) is 0 Å². The first kappa shape index (κ1) is 22.0. The average molecular weight is 412 g/mol. The molecule has 2 aromatic rings. The maximum absolute atomic E-state index is 12.1. The molecule has 0 unspecified atom stereocenters. The highest BCUT2D eigenvalue weighted by Crippen LogP contribution is 2.26. The molecule has 0 bridgehead atoms. The van der Waals surface area contributed by atoms with E-state index in [0.717, 1.165) is 44.2 Å². The molecule has 0 atom stereocenters. The molecule has 0 aromatic heterocycles. The highest BCUT2D eigenvalue weighted by atomic mass is 16.5. The molecule has 3 rings (SSSR count). The molecule has 1 fully saturated rings. The minimum atomic E-state index is 0.0830. The number of amides is 1. The van der Waals surface area contributed by atoms with E-state index in [9.17, 15) is 4.79 Å². The quantitative estimate of drug-likeness (QED) is 0.576. The molecule has 2 aromatic carbocycles. The van der Waals surface area contributed by atoms with Crippen molar-refractivity contribution in [1.82, 2.24) is 10.2 Å². The van der Waals surface area contributed by atoms with Crippen LogP contribution in [0, 0.1) is 0 Å². The minimum absolute atomic E-state index is 0.0830. The van der Waals surface area contributed by atoms with Gasteiger partial charge in [-0.1, -0.05) is 30.3 Å². The lowest BCUT2D eigenvalue weighted by Crippen LogP contribution is -2.48. The number of carbonyl (C=O) groups is 1. The highest BCUT2D eigenvalue weighted by Gasteiger charge is 2.16. The average Bonchev–Trinajstić information content (AvgIpc) is 2.79. The number of piperazine rings is 1. The third-order valence-electron chi connectivity index (χ3n) is 5.20. The van der Waals surface area contributed by atoms with Gasteiger partial charge in [-0.3, -0.25) is 9.69 Å². The van der Waals surface area contributed by atoms with Crippen LogP contribution in [0.1, 0.15) is 19.8 Å². The Kier molecular flexibility index (Phi) is 8.84. The molecule has 1 saturated heterocycles. The van der Waals surface area contributed by atoms with Crippen molar-refractivity contribution in [3.8, 4) is 11.5 Å². The van der Waals surface area contributed by atoms with Crippen LogP contribution in [0.3, 0.4) is 0 Å². The van der Waals surface area contributed by atoms with Crippen molar-refractivity contribution < 1.29 is 14.3 Å². The molecule has 1 aliphatic heterocycles. The molecular weight excluding hydrogens is 378 g/mol. The van der Waals surface area contributed by atoms with Gasteiger partial charge in [0.15, 0.2) is 11.5 Å². The molecule has 1 N–H and O–H groups in total. The first-order valence-corrected chi connectivity index (χ1v) is 10.9. The SMILES string of the molecule is CCOc1ccccc1OCCCC(=O)NCCN1CCN(c2ccccc2)CC1. The number of anilines is 1. The van der Waals surface area contributed by atoms with E-state index in [0.29, 0.717) is 32.6 Å². The van der Waals surface area contributed by atoms with Gasteiger partial charge in [-0.2, -0.15) is 0 Å². The second kappa shape index (κ2) is 12.1. The van der Waals surface area contributed by atoms with Crippen LogP contribution in [0.15, 0.2) is 54.6 Å². The van der Waals surface area contributed by atoms with Crippen molar-refractivity contribution in [1.29, 1.82) is 0 Å². The molecule has 0 radical (unpaired) electrons. The molecule has 6 nitrogen and oxygen atoms in total. The van der Waals surface area contributed by atoms with Gasteiger partial charge in [0, 0.05) is 51.4 Å². The summed E-state index contributed by atoms with van der Waals surface area (Å²) in [5.41, 5.74) is 1.29. The number of para-hydroxylation sites is 3. The van der Waals surface area contributed by atoms with E-state index in [1.54, 1.807) is 0 Å². The Hall–Kier alpha value is -2.73. The fourth-order valence-electron chi connectivity index (χ4n) is 3.57. The highest BCUT2D eigenvalue weighted by molar-refractivity contribution is 5.75. The second-order valence-corrected chi connectivity index (χ2v) is 7.35. The van der Waals surface area contributed by atoms with Crippen LogP contribution in [0.5, 0.6) is 11.5 Å². The molecule has 1 amide bonds. The zero-order chi connectivity index (χ0) is 21.0. The normalized spacial score (nSPS) is 14.4. The van der Waals surface area contributed by atoms with Crippen molar-refractivity contribution in [2.24, 2.45) is 0 Å². The third kappa shape index (κ3) is 6.95. The lowest BCUT2D eigenvalue weighted by atomic mass is 10.2. The Labute approximate surface area is 179 Å². The predicted molar refractivity (Wildman–Crippen MR) is 120 cm³/mol. The summed E-state index contributed by atoms with van der Waals surface area (Å²) >= 11 is 0. The van der Waals surface area contributed by atoms with Crippen LogP contribution in [-0.2, 0) is 4.79 Å². The van der Waals surface area contributed by atoms with E-state index in [-0.39, 0.29) is 5.91 Å². The predicted octanol–water partition coefficient (Wildman–Crippen LogP) is 3.18. The van der Waals surface area contributed by atoms with Gasteiger partial charge in [0.1, 0.15) is 0 Å². The van der Waals surface area contributed by atoms with Gasteiger partial charge < -0.3 is 19.7 Å². The summed E-state index contributed by atoms with van der Waals surface area (Å²) in [7, 11) is 0. The summed E-state index contributed by atoms with van der Waals surface area (Å²) in [5.74, 6) is 1.56. The standard InChI is InChI=1S/C24H33N3O3/c1-2-29-22-11-6-7-12-23(22)30-20-8-13-24(28)25-14-15-26-16-18-27(19-17-26)21-9-4-3-5-10-21/h3-7,9-12H,2,8,13-20H2,1H3,(H,25,28). The van der Waals surface area contributed by atoms with Gasteiger partial charge in [0.25, 0.3) is 0 Å². The molecule has 1 heterocycles. The van der Waals surface area contributed by atoms with Gasteiger partial charge in [-0.05, 0) is 37.6 Å². The van der Waals surface area contributed by atoms with Crippen LogP contribution >= 0.6 is 0 Å². The Morgan fingerprint density at radius 1 is 0.933 bits per heavy atom. The number of ether oxygens (including phenoxy) is 2. The number of hydrogen-bond acceptors (Lipinski definition) is 5. The van der Waals surface area contributed by atoms with Crippen molar-refractivity contribution in [3.05, 3.63) is 54.6 Å². The molecule has 162 valence electrons. The van der Waals surface area contributed by atoms with Gasteiger partial charge in [0.2, 0.25) is 5.91 Å². The lowest BCUT2D eigenvalue weighted by Gasteiger charge is -2.36. The van der Waals surface area contributed by atoms with Gasteiger partial charge in [-0.15, -0.1) is 0 Å². The smallest absolute Gasteiger partial charge is 0.220 e. The molecule has 0 saturated carbocycles. The fraction of sp³-hybridized carbons (Fsp3) is 0.458. The van der Waals surface area contributed by atoms with Crippen LogP contribution in [0.25, 0.3) is 0 Å². The van der Waals surface area contributed by atoms with Crippen molar-refractivity contribution >= 4 is 11.6 Å². The van der Waals surface area contributed by atoms with Crippen LogP contribution in [-0.4, -0.2) is 63.3 Å². The number of nitrogens with one attached hydrogen (secondary N) is 1. The Bertz CT molecular complexity index is 761. The second-order valence-electron chi connectivity index (χ2n) is 7.35. The first-order valence-electron chi connectivity index (χ1n) is 10.9. The van der Waals surface area contributed by atoms with Crippen LogP contribution in [0.4, 0.5) is 5.69 Å². The van der Waals surface area contributed by atoms with Gasteiger partial charge >= 0.3 is 0 Å². The van der Waals surface area contributed by atoms with E-state index in [1.165, 1.54) is 5.69 Å². The Morgan fingerprint density at radius 2 is 1.60 bits per heavy atom. The summed E-state index contributed by atoms with van der Waals surface area (Å²) in [6.07, 6.45) is 1.15. The number of hydrogen-bond donors (Lipinski definition) is 1. The monoisotopic (exact) mass is 411 g/mol. The molecule has 6 heteroatoms. The van der Waals surface area contributed by atoms with E-state index < -0.39 is 0 Å². The molecule has 0 aliphatic carbocycles. The van der Waals surface area contributed by atoms with E-state index in [4.69, 9.17) is 9.47 Å². The van der Waals surface area contributed by atoms with Gasteiger partial charge in [-0.25, -0.2) is 0 Å². The maximum atomic E-state index is 12.1. The summed E-state index contributed by atoms with van der Waals surface area (Å²) < 4.78 is 11.3. The van der Waals surface area contributed by atoms with Crippen molar-refractivity contribution in [2.45, 2.75) is 19.8 Å². The summed E-state index contributed by atoms with van der Waals surface area (Å²) in [4.78, 5) is 16.9. The number of nitrogens with zero attached hydrogens (tertiary/aromatic N) is 2. The van der Waals surface area contributed by atoms with Crippen LogP contribution < -0.4 is 19.7 Å². The van der Waals surface area contributed by atoms with E-state index in [1.807, 2.05) is 37.3 Å². The largest absolute Gasteiger partial charge is 0.490 e. The Morgan fingerprint density at radius 3 is 2.30 bits per heavy atom. The minimum Gasteiger partial charge on any atom is -0.490 e. The third-order valence-corrected chi connectivity index (χ3v) is 5.20. The maximum Gasteiger partial charge on any atom is 0.220 e. The lowest BCUT2D eigenvalue weighted by molar-refractivity contribution is -0.121. The molecular formula is C24H33N3O3.